The number of aryl methyl sites for hydroxylation is 1. The highest BCUT2D eigenvalue weighted by molar-refractivity contribution is 5.76. The van der Waals surface area contributed by atoms with Gasteiger partial charge in [0.15, 0.2) is 0 Å². The van der Waals surface area contributed by atoms with Gasteiger partial charge in [0.25, 0.3) is 0 Å². The van der Waals surface area contributed by atoms with E-state index in [1.807, 2.05) is 37.5 Å². The molecule has 7 heteroatoms. The lowest BCUT2D eigenvalue weighted by Gasteiger charge is -2.28. The smallest absolute Gasteiger partial charge is 0.128 e. The Labute approximate surface area is 170 Å². The third-order valence-electron chi connectivity index (χ3n) is 4.64. The minimum absolute atomic E-state index is 0.686. The first-order valence-corrected chi connectivity index (χ1v) is 9.54. The van der Waals surface area contributed by atoms with Crippen molar-refractivity contribution in [2.45, 2.75) is 6.92 Å². The van der Waals surface area contributed by atoms with E-state index in [4.69, 9.17) is 0 Å². The van der Waals surface area contributed by atoms with E-state index in [0.29, 0.717) is 5.70 Å². The first-order valence-electron chi connectivity index (χ1n) is 9.54. The Bertz CT molecular complexity index is 1050. The Balaban J connectivity index is 1.45. The number of aromatic amines is 1. The van der Waals surface area contributed by atoms with Crippen molar-refractivity contribution >= 4 is 17.2 Å². The van der Waals surface area contributed by atoms with Crippen molar-refractivity contribution in [1.29, 1.82) is 0 Å². The summed E-state index contributed by atoms with van der Waals surface area (Å²) in [6.45, 7) is 10.0. The predicted molar refractivity (Wildman–Crippen MR) is 116 cm³/mol. The molecule has 0 bridgehead atoms. The van der Waals surface area contributed by atoms with Gasteiger partial charge in [-0.25, -0.2) is 4.98 Å². The number of pyridine rings is 2. The van der Waals surface area contributed by atoms with E-state index in [1.165, 1.54) is 0 Å². The third kappa shape index (κ3) is 4.62. The van der Waals surface area contributed by atoms with Crippen LogP contribution in [0.3, 0.4) is 0 Å². The monoisotopic (exact) mass is 385 g/mol. The highest BCUT2D eigenvalue weighted by Crippen LogP contribution is 2.20. The summed E-state index contributed by atoms with van der Waals surface area (Å²) in [7, 11) is 0. The summed E-state index contributed by atoms with van der Waals surface area (Å²) in [4.78, 5) is 11.0. The standard InChI is InChI=1S/C22H23N7/c1-16-11-18(13-24-12-16)3-4-19-14-26-28-22(19)17(2)27-20-5-6-21(25-15-20)29-9-7-23-8-10-29/h5-6,11-15,23,27H,2,7-10H2,1H3,(H,26,28). The van der Waals surface area contributed by atoms with Gasteiger partial charge in [0, 0.05) is 44.1 Å². The van der Waals surface area contributed by atoms with Crippen LogP contribution in [0.15, 0.2) is 49.6 Å². The van der Waals surface area contributed by atoms with E-state index in [9.17, 15) is 0 Å². The van der Waals surface area contributed by atoms with Crippen LogP contribution in [-0.2, 0) is 0 Å². The number of rotatable bonds is 4. The van der Waals surface area contributed by atoms with E-state index < -0.39 is 0 Å². The number of anilines is 2. The number of hydrogen-bond donors (Lipinski definition) is 3. The second-order valence-corrected chi connectivity index (χ2v) is 6.91. The lowest BCUT2D eigenvalue weighted by molar-refractivity contribution is 0.585. The summed E-state index contributed by atoms with van der Waals surface area (Å²) in [5, 5.41) is 13.7. The molecule has 4 rings (SSSR count). The molecule has 0 spiro atoms. The highest BCUT2D eigenvalue weighted by atomic mass is 15.2. The largest absolute Gasteiger partial charge is 0.354 e. The fourth-order valence-electron chi connectivity index (χ4n) is 3.15. The Morgan fingerprint density at radius 3 is 2.76 bits per heavy atom. The van der Waals surface area contributed by atoms with Gasteiger partial charge in [0.2, 0.25) is 0 Å². The van der Waals surface area contributed by atoms with E-state index in [0.717, 1.165) is 60.1 Å². The third-order valence-corrected chi connectivity index (χ3v) is 4.64. The van der Waals surface area contributed by atoms with Crippen LogP contribution in [0, 0.1) is 18.8 Å². The molecule has 0 radical (unpaired) electrons. The Morgan fingerprint density at radius 1 is 1.14 bits per heavy atom. The van der Waals surface area contributed by atoms with Gasteiger partial charge < -0.3 is 15.5 Å². The van der Waals surface area contributed by atoms with Crippen LogP contribution in [0.2, 0.25) is 0 Å². The van der Waals surface area contributed by atoms with Crippen LogP contribution in [0.25, 0.3) is 5.70 Å². The summed E-state index contributed by atoms with van der Waals surface area (Å²) in [6, 6.07) is 6.04. The molecule has 1 fully saturated rings. The summed E-state index contributed by atoms with van der Waals surface area (Å²) in [5.41, 5.74) is 5.02. The number of aromatic nitrogens is 4. The van der Waals surface area contributed by atoms with Crippen LogP contribution in [0.5, 0.6) is 0 Å². The fraction of sp³-hybridized carbons (Fsp3) is 0.227. The molecule has 7 nitrogen and oxygen atoms in total. The van der Waals surface area contributed by atoms with Crippen molar-refractivity contribution in [1.82, 2.24) is 25.5 Å². The number of nitrogens with one attached hydrogen (secondary N) is 3. The quantitative estimate of drug-likeness (QED) is 0.599. The zero-order valence-electron chi connectivity index (χ0n) is 16.4. The average molecular weight is 385 g/mol. The van der Waals surface area contributed by atoms with Gasteiger partial charge in [-0.05, 0) is 30.7 Å². The number of nitrogens with zero attached hydrogens (tertiary/aromatic N) is 4. The minimum Gasteiger partial charge on any atom is -0.354 e. The van der Waals surface area contributed by atoms with Crippen LogP contribution in [-0.4, -0.2) is 46.3 Å². The molecule has 0 aromatic carbocycles. The number of piperazine rings is 1. The molecule has 3 aromatic heterocycles. The molecule has 1 saturated heterocycles. The summed E-state index contributed by atoms with van der Waals surface area (Å²) in [6.07, 6.45) is 7.08. The summed E-state index contributed by atoms with van der Waals surface area (Å²) >= 11 is 0. The van der Waals surface area contributed by atoms with E-state index in [1.54, 1.807) is 12.4 Å². The van der Waals surface area contributed by atoms with Crippen molar-refractivity contribution in [3.05, 3.63) is 71.9 Å². The van der Waals surface area contributed by atoms with E-state index in [-0.39, 0.29) is 0 Å². The SMILES string of the molecule is C=C(Nc1ccc(N2CCNCC2)nc1)c1[nH]ncc1C#Cc1cncc(C)c1. The fourth-order valence-corrected chi connectivity index (χ4v) is 3.15. The molecule has 0 aliphatic carbocycles. The molecule has 0 unspecified atom stereocenters. The molecule has 3 N–H and O–H groups in total. The number of hydrogen-bond acceptors (Lipinski definition) is 6. The van der Waals surface area contributed by atoms with Gasteiger partial charge in [-0.15, -0.1) is 0 Å². The first kappa shape index (κ1) is 18.7. The number of H-pyrrole nitrogens is 1. The maximum absolute atomic E-state index is 4.58. The van der Waals surface area contributed by atoms with Gasteiger partial charge in [0.1, 0.15) is 5.82 Å². The van der Waals surface area contributed by atoms with Crippen molar-refractivity contribution < 1.29 is 0 Å². The molecular weight excluding hydrogens is 362 g/mol. The van der Waals surface area contributed by atoms with Gasteiger partial charge >= 0.3 is 0 Å². The van der Waals surface area contributed by atoms with Crippen LogP contribution < -0.4 is 15.5 Å². The van der Waals surface area contributed by atoms with Crippen LogP contribution in [0.1, 0.15) is 22.4 Å². The maximum atomic E-state index is 4.58. The van der Waals surface area contributed by atoms with Gasteiger partial charge in [-0.1, -0.05) is 18.4 Å². The predicted octanol–water partition coefficient (Wildman–Crippen LogP) is 2.40. The Kier molecular flexibility index (Phi) is 5.54. The summed E-state index contributed by atoms with van der Waals surface area (Å²) < 4.78 is 0. The minimum atomic E-state index is 0.686. The molecule has 146 valence electrons. The lowest BCUT2D eigenvalue weighted by Crippen LogP contribution is -2.43. The first-order chi connectivity index (χ1) is 14.2. The molecule has 0 saturated carbocycles. The maximum Gasteiger partial charge on any atom is 0.128 e. The zero-order valence-corrected chi connectivity index (χ0v) is 16.4. The molecule has 4 heterocycles. The highest BCUT2D eigenvalue weighted by Gasteiger charge is 2.12. The van der Waals surface area contributed by atoms with Gasteiger partial charge in [-0.2, -0.15) is 5.10 Å². The lowest BCUT2D eigenvalue weighted by atomic mass is 10.1. The van der Waals surface area contributed by atoms with Crippen LogP contribution in [0.4, 0.5) is 11.5 Å². The normalized spacial score (nSPS) is 13.5. The second-order valence-electron chi connectivity index (χ2n) is 6.91. The molecule has 3 aromatic rings. The molecule has 1 aliphatic rings. The van der Waals surface area contributed by atoms with Crippen molar-refractivity contribution in [2.75, 3.05) is 36.4 Å². The Morgan fingerprint density at radius 2 is 2.00 bits per heavy atom. The summed E-state index contributed by atoms with van der Waals surface area (Å²) in [5.74, 6) is 7.26. The van der Waals surface area contributed by atoms with Gasteiger partial charge in [0.05, 0.1) is 35.0 Å². The van der Waals surface area contributed by atoms with Crippen molar-refractivity contribution in [3.8, 4) is 11.8 Å². The molecule has 0 amide bonds. The van der Waals surface area contributed by atoms with Crippen molar-refractivity contribution in [3.63, 3.8) is 0 Å². The van der Waals surface area contributed by atoms with Crippen LogP contribution >= 0.6 is 0 Å². The van der Waals surface area contributed by atoms with Crippen molar-refractivity contribution in [2.24, 2.45) is 0 Å². The molecule has 29 heavy (non-hydrogen) atoms. The topological polar surface area (TPSA) is 81.8 Å². The average Bonchev–Trinajstić information content (AvgIpc) is 3.22. The molecule has 1 aliphatic heterocycles. The molecule has 0 atom stereocenters. The Hall–Kier alpha value is -3.63. The van der Waals surface area contributed by atoms with E-state index >= 15 is 0 Å². The zero-order chi connectivity index (χ0) is 20.1. The molecular formula is C22H23N7. The van der Waals surface area contributed by atoms with Gasteiger partial charge in [-0.3, -0.25) is 10.1 Å². The van der Waals surface area contributed by atoms with E-state index in [2.05, 4.69) is 54.1 Å². The second kappa shape index (κ2) is 8.59.